The van der Waals surface area contributed by atoms with Crippen molar-refractivity contribution in [2.75, 3.05) is 19.5 Å². The molecule has 0 radical (unpaired) electrons. The van der Waals surface area contributed by atoms with Gasteiger partial charge in [-0.15, -0.1) is 0 Å². The number of benzene rings is 2. The van der Waals surface area contributed by atoms with Gasteiger partial charge in [-0.1, -0.05) is 19.9 Å². The van der Waals surface area contributed by atoms with E-state index in [1.54, 1.807) is 25.1 Å². The van der Waals surface area contributed by atoms with Gasteiger partial charge in [0.1, 0.15) is 11.5 Å². The number of halogens is 3. The number of amides is 1. The van der Waals surface area contributed by atoms with E-state index in [0.717, 1.165) is 17.8 Å². The number of Topliss-reactive ketones (excluding diaryl/α,β-unsaturated/α-hetero) is 1. The number of nitrogens with one attached hydrogen (secondary N) is 2. The maximum Gasteiger partial charge on any atom is 0.416 e. The number of anilines is 1. The Hall–Kier alpha value is -3.75. The number of carbonyl (C=O) groups is 2. The summed E-state index contributed by atoms with van der Waals surface area (Å²) in [5.74, 6) is -0.575. The monoisotopic (exact) mass is 514 g/mol. The fourth-order valence-electron chi connectivity index (χ4n) is 5.08. The summed E-state index contributed by atoms with van der Waals surface area (Å²) < 4.78 is 50.8. The molecule has 1 atom stereocenters. The molecule has 2 aliphatic rings. The van der Waals surface area contributed by atoms with Gasteiger partial charge in [-0.2, -0.15) is 13.2 Å². The van der Waals surface area contributed by atoms with Gasteiger partial charge >= 0.3 is 6.18 Å². The van der Waals surface area contributed by atoms with Gasteiger partial charge in [0, 0.05) is 40.2 Å². The third-order valence-electron chi connectivity index (χ3n) is 6.68. The predicted octanol–water partition coefficient (Wildman–Crippen LogP) is 5.97. The molecule has 0 aromatic heterocycles. The number of rotatable bonds is 5. The summed E-state index contributed by atoms with van der Waals surface area (Å²) in [5, 5.41) is 5.85. The number of allylic oxidation sites excluding steroid dienone is 3. The molecule has 1 unspecified atom stereocenters. The first kappa shape index (κ1) is 26.3. The van der Waals surface area contributed by atoms with Crippen molar-refractivity contribution < 1.29 is 32.2 Å². The number of carbonyl (C=O) groups excluding carboxylic acids is 2. The highest BCUT2D eigenvalue weighted by atomic mass is 19.4. The lowest BCUT2D eigenvalue weighted by molar-refractivity contribution is -0.137. The van der Waals surface area contributed by atoms with Crippen LogP contribution in [0.2, 0.25) is 0 Å². The van der Waals surface area contributed by atoms with Gasteiger partial charge < -0.3 is 20.1 Å². The summed E-state index contributed by atoms with van der Waals surface area (Å²) >= 11 is 0. The van der Waals surface area contributed by atoms with E-state index in [0.29, 0.717) is 34.8 Å². The third-order valence-corrected chi connectivity index (χ3v) is 6.68. The number of hydrogen-bond acceptors (Lipinski definition) is 5. The Bertz CT molecular complexity index is 1320. The molecule has 0 spiro atoms. The van der Waals surface area contributed by atoms with E-state index in [1.165, 1.54) is 26.4 Å². The minimum absolute atomic E-state index is 0.00707. The molecule has 1 aliphatic heterocycles. The van der Waals surface area contributed by atoms with Crippen LogP contribution in [0, 0.1) is 5.41 Å². The second-order valence-corrected chi connectivity index (χ2v) is 10.1. The van der Waals surface area contributed by atoms with Gasteiger partial charge in [-0.05, 0) is 55.2 Å². The van der Waals surface area contributed by atoms with Crippen molar-refractivity contribution in [2.24, 2.45) is 5.41 Å². The van der Waals surface area contributed by atoms with Crippen LogP contribution in [-0.4, -0.2) is 25.9 Å². The van der Waals surface area contributed by atoms with E-state index in [-0.39, 0.29) is 28.9 Å². The Morgan fingerprint density at radius 2 is 1.81 bits per heavy atom. The normalized spacial score (nSPS) is 19.2. The van der Waals surface area contributed by atoms with E-state index in [1.807, 2.05) is 13.8 Å². The molecule has 0 bridgehead atoms. The molecule has 2 aromatic rings. The first-order valence-electron chi connectivity index (χ1n) is 11.8. The largest absolute Gasteiger partial charge is 0.497 e. The van der Waals surface area contributed by atoms with E-state index < -0.39 is 23.6 Å². The number of alkyl halides is 3. The molecule has 1 amide bonds. The van der Waals surface area contributed by atoms with Crippen molar-refractivity contribution >= 4 is 17.4 Å². The maximum absolute atomic E-state index is 13.7. The van der Waals surface area contributed by atoms with E-state index in [4.69, 9.17) is 9.47 Å². The summed E-state index contributed by atoms with van der Waals surface area (Å²) in [6.45, 7) is 5.73. The quantitative estimate of drug-likeness (QED) is 0.515. The first-order valence-corrected chi connectivity index (χ1v) is 11.8. The number of methoxy groups -OCH3 is 2. The molecule has 37 heavy (non-hydrogen) atoms. The van der Waals surface area contributed by atoms with Gasteiger partial charge in [-0.3, -0.25) is 9.59 Å². The van der Waals surface area contributed by atoms with Crippen molar-refractivity contribution in [1.82, 2.24) is 5.32 Å². The van der Waals surface area contributed by atoms with E-state index in [9.17, 15) is 22.8 Å². The van der Waals surface area contributed by atoms with Gasteiger partial charge in [0.15, 0.2) is 5.78 Å². The van der Waals surface area contributed by atoms with Gasteiger partial charge in [-0.25, -0.2) is 0 Å². The van der Waals surface area contributed by atoms with Gasteiger partial charge in [0.2, 0.25) is 0 Å². The zero-order chi connectivity index (χ0) is 27.1. The Morgan fingerprint density at radius 3 is 2.46 bits per heavy atom. The molecule has 1 heterocycles. The Morgan fingerprint density at radius 1 is 1.08 bits per heavy atom. The maximum atomic E-state index is 13.7. The number of ketones is 1. The second kappa shape index (κ2) is 9.61. The molecule has 0 fully saturated rings. The van der Waals surface area contributed by atoms with E-state index in [2.05, 4.69) is 10.6 Å². The van der Waals surface area contributed by atoms with Crippen LogP contribution in [-0.2, 0) is 15.8 Å². The highest BCUT2D eigenvalue weighted by Crippen LogP contribution is 2.49. The van der Waals surface area contributed by atoms with Crippen molar-refractivity contribution in [1.29, 1.82) is 0 Å². The van der Waals surface area contributed by atoms with Crippen molar-refractivity contribution in [3.8, 4) is 11.5 Å². The van der Waals surface area contributed by atoms with Crippen LogP contribution in [0.5, 0.6) is 11.5 Å². The Kier molecular flexibility index (Phi) is 6.83. The smallest absolute Gasteiger partial charge is 0.416 e. The van der Waals surface area contributed by atoms with Crippen LogP contribution in [0.3, 0.4) is 0 Å². The average Bonchev–Trinajstić information content (AvgIpc) is 2.81. The van der Waals surface area contributed by atoms with Crippen molar-refractivity contribution in [3.63, 3.8) is 0 Å². The molecular weight excluding hydrogens is 485 g/mol. The van der Waals surface area contributed by atoms with Crippen molar-refractivity contribution in [2.45, 2.75) is 45.7 Å². The summed E-state index contributed by atoms with van der Waals surface area (Å²) in [5.41, 5.74) is 1.29. The summed E-state index contributed by atoms with van der Waals surface area (Å²) in [6.07, 6.45) is -3.67. The molecule has 0 saturated carbocycles. The lowest BCUT2D eigenvalue weighted by Crippen LogP contribution is -2.39. The predicted molar refractivity (Wildman–Crippen MR) is 133 cm³/mol. The summed E-state index contributed by atoms with van der Waals surface area (Å²) in [4.78, 5) is 27.2. The molecule has 9 heteroatoms. The third kappa shape index (κ3) is 5.21. The van der Waals surface area contributed by atoms with Crippen LogP contribution >= 0.6 is 0 Å². The number of ether oxygens (including phenoxy) is 2. The molecule has 2 N–H and O–H groups in total. The molecular formula is C28H29F3N2O4. The van der Waals surface area contributed by atoms with Gasteiger partial charge in [0.05, 0.1) is 25.7 Å². The van der Waals surface area contributed by atoms with Gasteiger partial charge in [0.25, 0.3) is 5.91 Å². The van der Waals surface area contributed by atoms with Crippen LogP contribution in [0.15, 0.2) is 65.0 Å². The Balaban J connectivity index is 1.85. The molecule has 2 aromatic carbocycles. The molecule has 0 saturated heterocycles. The fourth-order valence-corrected chi connectivity index (χ4v) is 5.08. The minimum atomic E-state index is -4.56. The SMILES string of the molecule is COc1ccc(OC)c(C2C(C(=O)Nc3cccc(C(F)(F)F)c3)=C(C)NC3=C2C(=O)CC(C)(C)C3)c1. The van der Waals surface area contributed by atoms with Crippen molar-refractivity contribution in [3.05, 3.63) is 76.1 Å². The zero-order valence-electron chi connectivity index (χ0n) is 21.3. The summed E-state index contributed by atoms with van der Waals surface area (Å²) in [7, 11) is 3.00. The zero-order valence-corrected chi connectivity index (χ0v) is 21.3. The topological polar surface area (TPSA) is 76.7 Å². The fraction of sp³-hybridized carbons (Fsp3) is 0.357. The number of dihydropyridines is 1. The molecule has 1 aliphatic carbocycles. The lowest BCUT2D eigenvalue weighted by Gasteiger charge is -2.40. The summed E-state index contributed by atoms with van der Waals surface area (Å²) in [6, 6.07) is 9.57. The molecule has 6 nitrogen and oxygen atoms in total. The highest BCUT2D eigenvalue weighted by molar-refractivity contribution is 6.10. The second-order valence-electron chi connectivity index (χ2n) is 10.1. The average molecular weight is 515 g/mol. The van der Waals surface area contributed by atoms with Crippen LogP contribution in [0.1, 0.15) is 50.7 Å². The van der Waals surface area contributed by atoms with Crippen LogP contribution < -0.4 is 20.1 Å². The molecule has 196 valence electrons. The highest BCUT2D eigenvalue weighted by Gasteiger charge is 2.43. The van der Waals surface area contributed by atoms with Crippen LogP contribution in [0.25, 0.3) is 0 Å². The first-order chi connectivity index (χ1) is 17.3. The lowest BCUT2D eigenvalue weighted by atomic mass is 9.68. The standard InChI is InChI=1S/C28H29F3N2O4/c1-15-23(26(35)33-17-8-6-7-16(11-17)28(29,30)31)24(19-12-18(36-4)9-10-22(19)37-5)25-20(32-15)13-27(2,3)14-21(25)34/h6-12,24,32H,13-14H2,1-5H3,(H,33,35). The van der Waals surface area contributed by atoms with Crippen LogP contribution in [0.4, 0.5) is 18.9 Å². The van der Waals surface area contributed by atoms with E-state index >= 15 is 0 Å². The minimum Gasteiger partial charge on any atom is -0.497 e. The molecule has 4 rings (SSSR count). The number of hydrogen-bond donors (Lipinski definition) is 2. The Labute approximate surface area is 213 Å².